The number of rotatable bonds is 12. The van der Waals surface area contributed by atoms with E-state index >= 15 is 0 Å². The summed E-state index contributed by atoms with van der Waals surface area (Å²) in [5.74, 6) is 1.15. The highest BCUT2D eigenvalue weighted by molar-refractivity contribution is 5.88. The van der Waals surface area contributed by atoms with Gasteiger partial charge in [-0.15, -0.1) is 0 Å². The quantitative estimate of drug-likeness (QED) is 0.506. The van der Waals surface area contributed by atoms with Crippen molar-refractivity contribution in [2.24, 2.45) is 0 Å². The van der Waals surface area contributed by atoms with Gasteiger partial charge in [-0.3, -0.25) is 9.59 Å². The molecular weight excluding hydrogens is 416 g/mol. The maximum absolute atomic E-state index is 13.5. The SMILES string of the molecule is CCC(C)NC(=O)C(CC)N(Cc1ccccc1C)C(=O)CCc1ccc(OC)c(OC)c1. The molecule has 0 aliphatic rings. The monoisotopic (exact) mass is 454 g/mol. The van der Waals surface area contributed by atoms with Gasteiger partial charge in [0.05, 0.1) is 14.2 Å². The molecule has 0 bridgehead atoms. The molecule has 0 aliphatic heterocycles. The molecular formula is C27H38N2O4. The van der Waals surface area contributed by atoms with Crippen LogP contribution in [0.2, 0.25) is 0 Å². The molecule has 2 unspecified atom stereocenters. The van der Waals surface area contributed by atoms with Gasteiger partial charge in [-0.25, -0.2) is 0 Å². The average Bonchev–Trinajstić information content (AvgIpc) is 2.83. The summed E-state index contributed by atoms with van der Waals surface area (Å²) in [6.45, 7) is 8.40. The Morgan fingerprint density at radius 1 is 1.00 bits per heavy atom. The Bertz CT molecular complexity index is 928. The Hall–Kier alpha value is -3.02. The summed E-state index contributed by atoms with van der Waals surface area (Å²) in [5, 5.41) is 3.05. The van der Waals surface area contributed by atoms with Crippen molar-refractivity contribution in [3.63, 3.8) is 0 Å². The molecule has 0 saturated heterocycles. The predicted molar refractivity (Wildman–Crippen MR) is 132 cm³/mol. The number of amides is 2. The third-order valence-electron chi connectivity index (χ3n) is 6.06. The van der Waals surface area contributed by atoms with Gasteiger partial charge in [0.25, 0.3) is 0 Å². The minimum absolute atomic E-state index is 0.0424. The fourth-order valence-electron chi connectivity index (χ4n) is 3.76. The number of nitrogens with one attached hydrogen (secondary N) is 1. The van der Waals surface area contributed by atoms with Crippen molar-refractivity contribution in [3.05, 3.63) is 59.2 Å². The van der Waals surface area contributed by atoms with Crippen molar-refractivity contribution in [2.75, 3.05) is 14.2 Å². The number of hydrogen-bond donors (Lipinski definition) is 1. The number of aryl methyl sites for hydroxylation is 2. The lowest BCUT2D eigenvalue weighted by molar-refractivity contribution is -0.141. The first-order chi connectivity index (χ1) is 15.8. The summed E-state index contributed by atoms with van der Waals surface area (Å²) in [6.07, 6.45) is 2.24. The first-order valence-corrected chi connectivity index (χ1v) is 11.7. The van der Waals surface area contributed by atoms with Crippen LogP contribution in [0.15, 0.2) is 42.5 Å². The number of ether oxygens (including phenoxy) is 2. The average molecular weight is 455 g/mol. The largest absolute Gasteiger partial charge is 0.493 e. The molecule has 6 nitrogen and oxygen atoms in total. The molecule has 0 heterocycles. The first-order valence-electron chi connectivity index (χ1n) is 11.7. The zero-order valence-electron chi connectivity index (χ0n) is 20.8. The van der Waals surface area contributed by atoms with E-state index in [2.05, 4.69) is 5.32 Å². The lowest BCUT2D eigenvalue weighted by Crippen LogP contribution is -2.50. The van der Waals surface area contributed by atoms with Crippen LogP contribution in [0.5, 0.6) is 11.5 Å². The van der Waals surface area contributed by atoms with Crippen LogP contribution in [-0.4, -0.2) is 43.0 Å². The van der Waals surface area contributed by atoms with Gasteiger partial charge >= 0.3 is 0 Å². The van der Waals surface area contributed by atoms with E-state index in [0.29, 0.717) is 37.3 Å². The topological polar surface area (TPSA) is 67.9 Å². The minimum Gasteiger partial charge on any atom is -0.493 e. The van der Waals surface area contributed by atoms with Crippen LogP contribution in [0.3, 0.4) is 0 Å². The van der Waals surface area contributed by atoms with E-state index in [1.165, 1.54) is 0 Å². The molecule has 2 aromatic carbocycles. The Morgan fingerprint density at radius 2 is 1.70 bits per heavy atom. The highest BCUT2D eigenvalue weighted by atomic mass is 16.5. The van der Waals surface area contributed by atoms with E-state index in [-0.39, 0.29) is 17.9 Å². The minimum atomic E-state index is -0.517. The first kappa shape index (κ1) is 26.2. The van der Waals surface area contributed by atoms with E-state index in [1.807, 2.05) is 70.2 Å². The molecule has 2 aromatic rings. The smallest absolute Gasteiger partial charge is 0.243 e. The summed E-state index contributed by atoms with van der Waals surface area (Å²) in [5.41, 5.74) is 3.13. The molecule has 2 atom stereocenters. The Balaban J connectivity index is 2.25. The van der Waals surface area contributed by atoms with Crippen LogP contribution in [0, 0.1) is 6.92 Å². The predicted octanol–water partition coefficient (Wildman–Crippen LogP) is 4.67. The van der Waals surface area contributed by atoms with Crippen LogP contribution >= 0.6 is 0 Å². The van der Waals surface area contributed by atoms with Crippen molar-refractivity contribution in [1.29, 1.82) is 0 Å². The molecule has 0 spiro atoms. The Morgan fingerprint density at radius 3 is 2.30 bits per heavy atom. The molecule has 2 amide bonds. The highest BCUT2D eigenvalue weighted by Gasteiger charge is 2.29. The fraction of sp³-hybridized carbons (Fsp3) is 0.481. The second-order valence-corrected chi connectivity index (χ2v) is 8.38. The number of carbonyl (C=O) groups excluding carboxylic acids is 2. The zero-order chi connectivity index (χ0) is 24.4. The lowest BCUT2D eigenvalue weighted by Gasteiger charge is -2.32. The number of hydrogen-bond acceptors (Lipinski definition) is 4. The third-order valence-corrected chi connectivity index (χ3v) is 6.06. The lowest BCUT2D eigenvalue weighted by atomic mass is 10.0. The highest BCUT2D eigenvalue weighted by Crippen LogP contribution is 2.28. The second-order valence-electron chi connectivity index (χ2n) is 8.38. The van der Waals surface area contributed by atoms with Gasteiger partial charge in [0.15, 0.2) is 11.5 Å². The molecule has 0 fully saturated rings. The molecule has 33 heavy (non-hydrogen) atoms. The van der Waals surface area contributed by atoms with Crippen LogP contribution in [0.25, 0.3) is 0 Å². The molecule has 0 aromatic heterocycles. The summed E-state index contributed by atoms with van der Waals surface area (Å²) >= 11 is 0. The third kappa shape index (κ3) is 7.24. The van der Waals surface area contributed by atoms with Crippen molar-refractivity contribution in [3.8, 4) is 11.5 Å². The van der Waals surface area contributed by atoms with Gasteiger partial charge in [-0.05, 0) is 61.9 Å². The van der Waals surface area contributed by atoms with E-state index < -0.39 is 6.04 Å². The van der Waals surface area contributed by atoms with E-state index in [9.17, 15) is 9.59 Å². The van der Waals surface area contributed by atoms with Gasteiger partial charge in [0.2, 0.25) is 11.8 Å². The second kappa shape index (κ2) is 12.9. The van der Waals surface area contributed by atoms with E-state index in [4.69, 9.17) is 9.47 Å². The van der Waals surface area contributed by atoms with Crippen molar-refractivity contribution < 1.29 is 19.1 Å². The van der Waals surface area contributed by atoms with Gasteiger partial charge in [-0.2, -0.15) is 0 Å². The van der Waals surface area contributed by atoms with Crippen molar-refractivity contribution in [1.82, 2.24) is 10.2 Å². The zero-order valence-corrected chi connectivity index (χ0v) is 20.8. The van der Waals surface area contributed by atoms with Crippen LogP contribution < -0.4 is 14.8 Å². The Kier molecular flexibility index (Phi) is 10.2. The summed E-state index contributed by atoms with van der Waals surface area (Å²) in [6, 6.07) is 13.2. The summed E-state index contributed by atoms with van der Waals surface area (Å²) < 4.78 is 10.7. The summed E-state index contributed by atoms with van der Waals surface area (Å²) in [7, 11) is 3.19. The number of benzene rings is 2. The molecule has 0 radical (unpaired) electrons. The van der Waals surface area contributed by atoms with Crippen LogP contribution in [0.4, 0.5) is 0 Å². The van der Waals surface area contributed by atoms with Crippen LogP contribution in [-0.2, 0) is 22.6 Å². The molecule has 2 rings (SSSR count). The molecule has 0 saturated carbocycles. The van der Waals surface area contributed by atoms with E-state index in [0.717, 1.165) is 23.1 Å². The Labute approximate surface area is 198 Å². The van der Waals surface area contributed by atoms with Gasteiger partial charge < -0.3 is 19.7 Å². The maximum atomic E-state index is 13.5. The van der Waals surface area contributed by atoms with Crippen molar-refractivity contribution >= 4 is 11.8 Å². The van der Waals surface area contributed by atoms with Crippen LogP contribution in [0.1, 0.15) is 56.7 Å². The summed E-state index contributed by atoms with van der Waals surface area (Å²) in [4.78, 5) is 28.3. The fourth-order valence-corrected chi connectivity index (χ4v) is 3.76. The van der Waals surface area contributed by atoms with Crippen molar-refractivity contribution in [2.45, 2.75) is 72.0 Å². The standard InChI is InChI=1S/C27H38N2O4/c1-7-20(4)28-27(31)23(8-2)29(18-22-12-10-9-11-19(22)3)26(30)16-14-21-13-15-24(32-5)25(17-21)33-6/h9-13,15,17,20,23H,7-8,14,16,18H2,1-6H3,(H,28,31). The maximum Gasteiger partial charge on any atom is 0.243 e. The molecule has 6 heteroatoms. The number of nitrogens with zero attached hydrogens (tertiary/aromatic N) is 1. The van der Waals surface area contributed by atoms with Gasteiger partial charge in [0.1, 0.15) is 6.04 Å². The normalized spacial score (nSPS) is 12.5. The molecule has 0 aliphatic carbocycles. The molecule has 180 valence electrons. The van der Waals surface area contributed by atoms with Gasteiger partial charge in [0, 0.05) is 19.0 Å². The number of methoxy groups -OCH3 is 2. The molecule has 1 N–H and O–H groups in total. The van der Waals surface area contributed by atoms with E-state index in [1.54, 1.807) is 19.1 Å². The number of carbonyl (C=O) groups is 2. The van der Waals surface area contributed by atoms with Gasteiger partial charge in [-0.1, -0.05) is 44.2 Å².